The monoisotopic (exact) mass is 432 g/mol. The van der Waals surface area contributed by atoms with Crippen molar-refractivity contribution < 1.29 is 30.9 Å². The maximum Gasteiger partial charge on any atom is 0.271 e. The molecule has 2 rings (SSSR count). The van der Waals surface area contributed by atoms with Crippen LogP contribution < -0.4 is 4.72 Å². The molecule has 0 amide bonds. The second-order valence-corrected chi connectivity index (χ2v) is 9.63. The highest BCUT2D eigenvalue weighted by Gasteiger charge is 2.20. The Morgan fingerprint density at radius 3 is 2.50 bits per heavy atom. The van der Waals surface area contributed by atoms with Gasteiger partial charge >= 0.3 is 0 Å². The molecule has 152 valence electrons. The van der Waals surface area contributed by atoms with Crippen LogP contribution in [0, 0.1) is 15.9 Å². The molecule has 28 heavy (non-hydrogen) atoms. The largest absolute Gasteiger partial charge is 0.384 e. The van der Waals surface area contributed by atoms with Crippen LogP contribution in [-0.2, 0) is 30.4 Å². The van der Waals surface area contributed by atoms with Gasteiger partial charge in [-0.25, -0.2) is 21.2 Å². The van der Waals surface area contributed by atoms with Gasteiger partial charge < -0.3 is 4.74 Å². The van der Waals surface area contributed by atoms with E-state index in [9.17, 15) is 31.3 Å². The molecule has 0 atom stereocenters. The summed E-state index contributed by atoms with van der Waals surface area (Å²) < 4.78 is 69.5. The summed E-state index contributed by atoms with van der Waals surface area (Å²) in [7, 11) is -6.46. The third-order valence-corrected chi connectivity index (χ3v) is 6.52. The number of anilines is 1. The molecule has 1 N–H and O–H groups in total. The van der Waals surface area contributed by atoms with Crippen molar-refractivity contribution in [1.29, 1.82) is 0 Å². The number of methoxy groups -OCH3 is 1. The van der Waals surface area contributed by atoms with Gasteiger partial charge in [0, 0.05) is 19.2 Å². The Morgan fingerprint density at radius 1 is 1.14 bits per heavy atom. The molecule has 0 aliphatic rings. The van der Waals surface area contributed by atoms with Gasteiger partial charge in [-0.2, -0.15) is 0 Å². The lowest BCUT2D eigenvalue weighted by Crippen LogP contribution is -2.16. The molecule has 9 nitrogen and oxygen atoms in total. The lowest BCUT2D eigenvalue weighted by Gasteiger charge is -2.10. The van der Waals surface area contributed by atoms with Crippen molar-refractivity contribution >= 4 is 31.2 Å². The fourth-order valence-electron chi connectivity index (χ4n) is 2.25. The normalized spacial score (nSPS) is 11.9. The van der Waals surface area contributed by atoms with Crippen LogP contribution in [0.1, 0.15) is 5.56 Å². The topological polar surface area (TPSA) is 133 Å². The second-order valence-electron chi connectivity index (χ2n) is 5.76. The third-order valence-electron chi connectivity index (χ3n) is 3.60. The van der Waals surface area contributed by atoms with Crippen LogP contribution in [0.4, 0.5) is 15.8 Å². The Hall–Kier alpha value is -2.57. The second kappa shape index (κ2) is 8.63. The molecule has 0 unspecified atom stereocenters. The summed E-state index contributed by atoms with van der Waals surface area (Å²) in [6.07, 6.45) is 0. The lowest BCUT2D eigenvalue weighted by molar-refractivity contribution is -0.384. The van der Waals surface area contributed by atoms with E-state index in [1.807, 2.05) is 4.72 Å². The van der Waals surface area contributed by atoms with Crippen LogP contribution in [0.5, 0.6) is 0 Å². The van der Waals surface area contributed by atoms with Gasteiger partial charge in [-0.05, 0) is 23.8 Å². The molecule has 0 bridgehead atoms. The first-order valence-electron chi connectivity index (χ1n) is 7.79. The fourth-order valence-corrected chi connectivity index (χ4v) is 4.63. The van der Waals surface area contributed by atoms with E-state index in [4.69, 9.17) is 4.74 Å². The summed E-state index contributed by atoms with van der Waals surface area (Å²) >= 11 is 0. The summed E-state index contributed by atoms with van der Waals surface area (Å²) in [6, 6.07) is 7.56. The Kier molecular flexibility index (Phi) is 6.69. The van der Waals surface area contributed by atoms with Crippen molar-refractivity contribution in [3.05, 3.63) is 64.0 Å². The minimum absolute atomic E-state index is 0.00788. The Bertz CT molecular complexity index is 1090. The number of non-ortho nitro benzene ring substituents is 1. The van der Waals surface area contributed by atoms with Crippen molar-refractivity contribution in [2.24, 2.45) is 0 Å². The van der Waals surface area contributed by atoms with Crippen LogP contribution in [0.25, 0.3) is 0 Å². The lowest BCUT2D eigenvalue weighted by atomic mass is 10.2. The van der Waals surface area contributed by atoms with Crippen molar-refractivity contribution in [1.82, 2.24) is 0 Å². The molecule has 2 aromatic carbocycles. The predicted molar refractivity (Wildman–Crippen MR) is 99.7 cm³/mol. The number of sulfone groups is 1. The van der Waals surface area contributed by atoms with E-state index in [2.05, 4.69) is 0 Å². The molecular weight excluding hydrogens is 415 g/mol. The van der Waals surface area contributed by atoms with Crippen molar-refractivity contribution in [2.45, 2.75) is 10.6 Å². The minimum Gasteiger partial charge on any atom is -0.384 e. The molecule has 0 spiro atoms. The first-order chi connectivity index (χ1) is 13.0. The highest BCUT2D eigenvalue weighted by atomic mass is 32.2. The van der Waals surface area contributed by atoms with Crippen LogP contribution in [0.2, 0.25) is 0 Å². The summed E-state index contributed by atoms with van der Waals surface area (Å²) in [5, 5.41) is 10.8. The van der Waals surface area contributed by atoms with Gasteiger partial charge in [-0.15, -0.1) is 0 Å². The van der Waals surface area contributed by atoms with Crippen LogP contribution >= 0.6 is 0 Å². The molecule has 12 heteroatoms. The number of nitrogens with one attached hydrogen (secondary N) is 1. The number of hydrogen-bond donors (Lipinski definition) is 1. The molecule has 0 aromatic heterocycles. The molecule has 0 saturated heterocycles. The Morgan fingerprint density at radius 2 is 1.86 bits per heavy atom. The zero-order valence-corrected chi connectivity index (χ0v) is 16.3. The smallest absolute Gasteiger partial charge is 0.271 e. The number of nitrogens with zero attached hydrogens (tertiary/aromatic N) is 1. The average Bonchev–Trinajstić information content (AvgIpc) is 2.61. The number of halogens is 1. The predicted octanol–water partition coefficient (Wildman–Crippen LogP) is 2.10. The maximum atomic E-state index is 13.9. The van der Waals surface area contributed by atoms with Crippen LogP contribution in [0.15, 0.2) is 47.4 Å². The van der Waals surface area contributed by atoms with E-state index in [1.165, 1.54) is 25.3 Å². The summed E-state index contributed by atoms with van der Waals surface area (Å²) in [6.45, 7) is 0.00788. The van der Waals surface area contributed by atoms with Crippen molar-refractivity contribution in [3.63, 3.8) is 0 Å². The quantitative estimate of drug-likeness (QED) is 0.474. The number of benzene rings is 2. The van der Waals surface area contributed by atoms with Gasteiger partial charge in [0.2, 0.25) is 0 Å². The maximum absolute atomic E-state index is 13.9. The van der Waals surface area contributed by atoms with Gasteiger partial charge in [-0.3, -0.25) is 14.8 Å². The number of rotatable bonds is 9. The zero-order valence-electron chi connectivity index (χ0n) is 14.7. The van der Waals surface area contributed by atoms with E-state index in [-0.39, 0.29) is 22.8 Å². The van der Waals surface area contributed by atoms with Gasteiger partial charge in [-0.1, -0.05) is 12.1 Å². The molecule has 2 aromatic rings. The molecule has 0 heterocycles. The molecule has 0 fully saturated rings. The molecule has 0 radical (unpaired) electrons. The first kappa shape index (κ1) is 21.7. The minimum atomic E-state index is -4.31. The highest BCUT2D eigenvalue weighted by molar-refractivity contribution is 7.92. The highest BCUT2D eigenvalue weighted by Crippen LogP contribution is 2.24. The standard InChI is InChI=1S/C16H17FN2O7S2/c1-26-7-8-27(22,23)11-12-3-2-4-14(9-12)28(24,25)18-16-10-13(19(20)21)5-6-15(16)17/h2-6,9-10,18H,7-8,11H2,1H3. The average molecular weight is 432 g/mol. The Balaban J connectivity index is 2.30. The fraction of sp³-hybridized carbons (Fsp3) is 0.250. The number of nitro groups is 1. The van der Waals surface area contributed by atoms with E-state index in [0.717, 1.165) is 24.3 Å². The SMILES string of the molecule is COCCS(=O)(=O)Cc1cccc(S(=O)(=O)Nc2cc([N+](=O)[O-])ccc2F)c1. The van der Waals surface area contributed by atoms with Crippen LogP contribution in [-0.4, -0.2) is 41.2 Å². The molecule has 0 aliphatic heterocycles. The van der Waals surface area contributed by atoms with Crippen molar-refractivity contribution in [3.8, 4) is 0 Å². The van der Waals surface area contributed by atoms with Crippen molar-refractivity contribution in [2.75, 3.05) is 24.2 Å². The third kappa shape index (κ3) is 5.71. The van der Waals surface area contributed by atoms with E-state index >= 15 is 0 Å². The van der Waals surface area contributed by atoms with E-state index < -0.39 is 47.7 Å². The Labute approximate surface area is 161 Å². The number of ether oxygens (including phenoxy) is 1. The van der Waals surface area contributed by atoms with Gasteiger partial charge in [0.15, 0.2) is 9.84 Å². The summed E-state index contributed by atoms with van der Waals surface area (Å²) in [5.74, 6) is -1.62. The molecular formula is C16H17FN2O7S2. The number of nitro benzene ring substituents is 1. The zero-order chi connectivity index (χ0) is 20.9. The van der Waals surface area contributed by atoms with E-state index in [1.54, 1.807) is 0 Å². The van der Waals surface area contributed by atoms with E-state index in [0.29, 0.717) is 0 Å². The number of hydrogen-bond acceptors (Lipinski definition) is 7. The molecule has 0 saturated carbocycles. The van der Waals surface area contributed by atoms with Gasteiger partial charge in [0.1, 0.15) is 5.82 Å². The summed E-state index contributed by atoms with van der Waals surface area (Å²) in [4.78, 5) is 9.70. The number of sulfonamides is 1. The first-order valence-corrected chi connectivity index (χ1v) is 11.1. The van der Waals surface area contributed by atoms with Gasteiger partial charge in [0.05, 0.1) is 33.6 Å². The van der Waals surface area contributed by atoms with Crippen LogP contribution in [0.3, 0.4) is 0 Å². The van der Waals surface area contributed by atoms with Gasteiger partial charge in [0.25, 0.3) is 15.7 Å². The summed E-state index contributed by atoms with van der Waals surface area (Å²) in [5.41, 5.74) is -0.858. The molecule has 0 aliphatic carbocycles.